The van der Waals surface area contributed by atoms with E-state index < -0.39 is 29.4 Å². The van der Waals surface area contributed by atoms with Gasteiger partial charge >= 0.3 is 0 Å². The van der Waals surface area contributed by atoms with Crippen molar-refractivity contribution < 1.29 is 0 Å². The van der Waals surface area contributed by atoms with E-state index in [4.69, 9.17) is 0 Å². The van der Waals surface area contributed by atoms with Crippen molar-refractivity contribution in [2.75, 3.05) is 0 Å². The van der Waals surface area contributed by atoms with Gasteiger partial charge in [0.15, 0.2) is 0 Å². The molecule has 0 amide bonds. The molecular weight excluding hydrogens is 473 g/mol. The molecule has 34 heavy (non-hydrogen) atoms. The summed E-state index contributed by atoms with van der Waals surface area (Å²) in [5.41, 5.74) is 0. The summed E-state index contributed by atoms with van der Waals surface area (Å²) in [5.74, 6) is 0. The molecule has 0 fully saturated rings. The Kier molecular flexibility index (Phi) is 5.42. The van der Waals surface area contributed by atoms with Crippen LogP contribution in [0.5, 0.6) is 0 Å². The third kappa shape index (κ3) is 2.45. The number of rotatable bonds is 2. The van der Waals surface area contributed by atoms with Gasteiger partial charge in [0.25, 0.3) is 0 Å². The molecule has 2 aliphatic rings. The smallest absolute Gasteiger partial charge is 0.0699 e. The lowest BCUT2D eigenvalue weighted by atomic mass is 10.2. The van der Waals surface area contributed by atoms with Crippen LogP contribution < -0.4 is 20.7 Å². The SMILES string of the molecule is CC(C)(C)[Si](C)(C(C)(C)C)[Si]12c3ccccc3[Si]1([Si](C)(C(C)(C)C)C(C)(C)C)c1ccccc12. The summed E-state index contributed by atoms with van der Waals surface area (Å²) in [6.45, 7) is 37.3. The molecule has 2 aromatic carbocycles. The fourth-order valence-electron chi connectivity index (χ4n) is 9.57. The Hall–Kier alpha value is -0.692. The predicted molar refractivity (Wildman–Crippen MR) is 165 cm³/mol. The monoisotopic (exact) mass is 522 g/mol. The fourth-order valence-corrected chi connectivity index (χ4v) is 110. The minimum absolute atomic E-state index is 0.349. The first-order chi connectivity index (χ1) is 15.2. The lowest BCUT2D eigenvalue weighted by Gasteiger charge is -2.82. The Morgan fingerprint density at radius 2 is 0.588 bits per heavy atom. The molecule has 0 bridgehead atoms. The van der Waals surface area contributed by atoms with Gasteiger partial charge < -0.3 is 0 Å². The van der Waals surface area contributed by atoms with Gasteiger partial charge in [0.05, 0.1) is 15.2 Å². The zero-order chi connectivity index (χ0) is 26.0. The van der Waals surface area contributed by atoms with Crippen molar-refractivity contribution in [2.45, 2.75) is 116 Å². The van der Waals surface area contributed by atoms with Crippen molar-refractivity contribution in [1.82, 2.24) is 0 Å². The van der Waals surface area contributed by atoms with Crippen LogP contribution in [-0.2, 0) is 0 Å². The molecule has 0 spiro atoms. The molecule has 186 valence electrons. The normalized spacial score (nSPS) is 25.0. The predicted octanol–water partition coefficient (Wildman–Crippen LogP) is 6.73. The van der Waals surface area contributed by atoms with Gasteiger partial charge in [-0.15, -0.1) is 0 Å². The van der Waals surface area contributed by atoms with Crippen LogP contribution in [0.2, 0.25) is 33.2 Å². The van der Waals surface area contributed by atoms with Gasteiger partial charge in [0, 0.05) is 0 Å². The van der Waals surface area contributed by atoms with E-state index in [1.54, 1.807) is 0 Å². The maximum atomic E-state index is 2.88. The highest BCUT2D eigenvalue weighted by Crippen LogP contribution is 2.66. The van der Waals surface area contributed by atoms with E-state index in [9.17, 15) is 0 Å². The lowest BCUT2D eigenvalue weighted by molar-refractivity contribution is 0.631. The van der Waals surface area contributed by atoms with Crippen molar-refractivity contribution >= 4 is 50.1 Å². The second-order valence-corrected chi connectivity index (χ2v) is 49.5. The Balaban J connectivity index is 2.33. The molecule has 0 radical (unpaired) electrons. The molecule has 4 heteroatoms. The van der Waals surface area contributed by atoms with Crippen LogP contribution >= 0.6 is 0 Å². The van der Waals surface area contributed by atoms with E-state index in [1.165, 1.54) is 0 Å². The number of fused-ring (bicyclic) bond motifs is 7. The summed E-state index contributed by atoms with van der Waals surface area (Å²) in [6.07, 6.45) is 0. The van der Waals surface area contributed by atoms with Crippen molar-refractivity contribution in [2.24, 2.45) is 0 Å². The van der Waals surface area contributed by atoms with Gasteiger partial charge in [-0.25, -0.2) is 0 Å². The molecule has 0 saturated heterocycles. The highest BCUT2D eigenvalue weighted by molar-refractivity contribution is 8.03. The van der Waals surface area contributed by atoms with E-state index in [1.807, 2.05) is 20.7 Å². The Morgan fingerprint density at radius 3 is 0.735 bits per heavy atom. The van der Waals surface area contributed by atoms with Crippen LogP contribution in [0.15, 0.2) is 48.5 Å². The number of hydrogen-bond acceptors (Lipinski definition) is 0. The molecule has 2 aromatic rings. The van der Waals surface area contributed by atoms with E-state index in [2.05, 4.69) is 145 Å². The first kappa shape index (κ1) is 26.4. The minimum atomic E-state index is -1.95. The van der Waals surface area contributed by atoms with E-state index in [0.29, 0.717) is 20.2 Å². The molecule has 0 aromatic heterocycles. The molecule has 0 saturated carbocycles. The molecule has 4 rings (SSSR count). The maximum absolute atomic E-state index is 2.88. The Morgan fingerprint density at radius 1 is 0.412 bits per heavy atom. The minimum Gasteiger partial charge on any atom is -0.0699 e. The zero-order valence-electron chi connectivity index (χ0n) is 24.6. The van der Waals surface area contributed by atoms with Gasteiger partial charge in [0.2, 0.25) is 0 Å². The van der Waals surface area contributed by atoms with Crippen LogP contribution in [0, 0.1) is 0 Å². The largest absolute Gasteiger partial charge is 0.113 e. The second-order valence-electron chi connectivity index (χ2n) is 15.8. The van der Waals surface area contributed by atoms with E-state index in [0.717, 1.165) is 0 Å². The summed E-state index contributed by atoms with van der Waals surface area (Å²) in [5, 5.41) is 8.87. The van der Waals surface area contributed by atoms with Crippen molar-refractivity contribution in [3.63, 3.8) is 0 Å². The summed E-state index contributed by atoms with van der Waals surface area (Å²) < 4.78 is 0. The topological polar surface area (TPSA) is 0 Å². The third-order valence-corrected chi connectivity index (χ3v) is 79.0. The molecule has 0 N–H and O–H groups in total. The summed E-state index contributed by atoms with van der Waals surface area (Å²) >= 11 is 0. The van der Waals surface area contributed by atoms with Gasteiger partial charge in [-0.2, -0.15) is 0 Å². The van der Waals surface area contributed by atoms with Crippen LogP contribution in [0.3, 0.4) is 0 Å². The molecule has 2 heterocycles. The summed E-state index contributed by atoms with van der Waals surface area (Å²) in [7, 11) is -7.66. The first-order valence-corrected chi connectivity index (χ1v) is 25.4. The second kappa shape index (κ2) is 6.99. The van der Waals surface area contributed by atoms with Gasteiger partial charge in [0.1, 0.15) is 14.2 Å². The molecule has 2 aliphatic heterocycles. The average Bonchev–Trinajstić information content (AvgIpc) is 2.65. The highest BCUT2D eigenvalue weighted by atomic mass is 29.8. The standard InChI is InChI=1S/C30H50Si4/c1-27(2,3)31(13,28(4,5)6)33-23-19-15-17-21-25(23)34(33,26-22-18-16-20-24(26)33)32(14,29(7,8)9)30(10,11)12/h15-22H,1-14H3. The van der Waals surface area contributed by atoms with Crippen LogP contribution in [0.1, 0.15) is 83.1 Å². The molecule has 0 aliphatic carbocycles. The maximum Gasteiger partial charge on any atom is 0.113 e. The fraction of sp³-hybridized carbons (Fsp3) is 0.600. The van der Waals surface area contributed by atoms with Gasteiger partial charge in [-0.05, 0) is 20.2 Å². The van der Waals surface area contributed by atoms with E-state index in [-0.39, 0.29) is 0 Å². The highest BCUT2D eigenvalue weighted by Gasteiger charge is 2.90. The van der Waals surface area contributed by atoms with Crippen molar-refractivity contribution in [3.8, 4) is 0 Å². The lowest BCUT2D eigenvalue weighted by Crippen LogP contribution is -3.19. The molecule has 0 atom stereocenters. The first-order valence-electron chi connectivity index (χ1n) is 13.4. The van der Waals surface area contributed by atoms with Crippen LogP contribution in [0.25, 0.3) is 0 Å². The van der Waals surface area contributed by atoms with Crippen molar-refractivity contribution in [3.05, 3.63) is 48.5 Å². The summed E-state index contributed by atoms with van der Waals surface area (Å²) in [6, 6.07) is 20.0. The van der Waals surface area contributed by atoms with Gasteiger partial charge in [-0.3, -0.25) is 0 Å². The van der Waals surface area contributed by atoms with E-state index >= 15 is 0 Å². The number of benzene rings is 2. The zero-order valence-corrected chi connectivity index (χ0v) is 28.6. The molecule has 0 unspecified atom stereocenters. The van der Waals surface area contributed by atoms with Crippen LogP contribution in [0.4, 0.5) is 0 Å². The molecule has 0 nitrogen and oxygen atoms in total. The van der Waals surface area contributed by atoms with Gasteiger partial charge in [-0.1, -0.05) is 165 Å². The Bertz CT molecular complexity index is 966. The summed E-state index contributed by atoms with van der Waals surface area (Å²) in [4.78, 5) is 0. The third-order valence-electron chi connectivity index (χ3n) is 11.5. The average molecular weight is 523 g/mol. The molecular formula is C30H50Si4. The number of hydrogen-bond donors (Lipinski definition) is 0. The Labute approximate surface area is 214 Å². The van der Waals surface area contributed by atoms with Crippen molar-refractivity contribution in [1.29, 1.82) is 0 Å². The van der Waals surface area contributed by atoms with Crippen LogP contribution in [-0.4, -0.2) is 29.4 Å². The quantitative estimate of drug-likeness (QED) is 0.383.